The van der Waals surface area contributed by atoms with Crippen molar-refractivity contribution < 1.29 is 9.90 Å². The molecule has 1 aliphatic rings. The minimum atomic E-state index is -0.756. The van der Waals surface area contributed by atoms with Gasteiger partial charge in [0.15, 0.2) is 0 Å². The molecule has 1 aromatic carbocycles. The van der Waals surface area contributed by atoms with E-state index < -0.39 is 12.0 Å². The van der Waals surface area contributed by atoms with E-state index in [1.165, 1.54) is 0 Å². The largest absolute Gasteiger partial charge is 0.480 e. The number of rotatable bonds is 7. The van der Waals surface area contributed by atoms with Gasteiger partial charge in [0.25, 0.3) is 0 Å². The normalized spacial score (nSPS) is 16.5. The Hall–Kier alpha value is -0.710. The Morgan fingerprint density at radius 2 is 2.33 bits per heavy atom. The van der Waals surface area contributed by atoms with Gasteiger partial charge in [-0.15, -0.1) is 11.8 Å². The second-order valence-electron chi connectivity index (χ2n) is 4.43. The summed E-state index contributed by atoms with van der Waals surface area (Å²) in [5, 5.41) is 13.0. The van der Waals surface area contributed by atoms with E-state index in [-0.39, 0.29) is 0 Å². The fourth-order valence-corrected chi connectivity index (χ4v) is 2.89. The first kappa shape index (κ1) is 13.7. The van der Waals surface area contributed by atoms with Crippen LogP contribution in [0.3, 0.4) is 0 Å². The molecule has 2 rings (SSSR count). The monoisotopic (exact) mass is 285 g/mol. The molecule has 2 N–H and O–H groups in total. The third-order valence-corrected chi connectivity index (χ3v) is 4.05. The summed E-state index contributed by atoms with van der Waals surface area (Å²) in [5.41, 5.74) is 0. The fraction of sp³-hybridized carbons (Fsp3) is 0.462. The van der Waals surface area contributed by atoms with Gasteiger partial charge in [0.2, 0.25) is 0 Å². The highest BCUT2D eigenvalue weighted by Gasteiger charge is 2.27. The van der Waals surface area contributed by atoms with Gasteiger partial charge in [-0.2, -0.15) is 0 Å². The molecule has 1 saturated carbocycles. The average Bonchev–Trinajstić information content (AvgIpc) is 3.11. The van der Waals surface area contributed by atoms with E-state index in [4.69, 9.17) is 16.7 Å². The van der Waals surface area contributed by atoms with Crippen LogP contribution in [0.1, 0.15) is 19.3 Å². The van der Waals surface area contributed by atoms with Crippen molar-refractivity contribution in [2.75, 3.05) is 5.75 Å². The summed E-state index contributed by atoms with van der Waals surface area (Å²) < 4.78 is 0. The molecule has 1 aromatic rings. The van der Waals surface area contributed by atoms with Gasteiger partial charge in [0.05, 0.1) is 0 Å². The van der Waals surface area contributed by atoms with E-state index in [1.54, 1.807) is 11.8 Å². The maximum absolute atomic E-state index is 11.1. The van der Waals surface area contributed by atoms with E-state index in [1.807, 2.05) is 24.3 Å². The zero-order valence-electron chi connectivity index (χ0n) is 9.93. The Balaban J connectivity index is 1.77. The van der Waals surface area contributed by atoms with E-state index in [0.29, 0.717) is 17.5 Å². The van der Waals surface area contributed by atoms with Crippen LogP contribution < -0.4 is 5.32 Å². The molecule has 0 radical (unpaired) electrons. The van der Waals surface area contributed by atoms with Crippen molar-refractivity contribution in [1.29, 1.82) is 0 Å². The number of benzene rings is 1. The summed E-state index contributed by atoms with van der Waals surface area (Å²) in [6, 6.07) is 7.62. The second kappa shape index (κ2) is 6.45. The Morgan fingerprint density at radius 3 is 2.94 bits per heavy atom. The van der Waals surface area contributed by atoms with Crippen molar-refractivity contribution in [3.63, 3.8) is 0 Å². The molecular weight excluding hydrogens is 270 g/mol. The number of carboxylic acids is 1. The molecule has 0 saturated heterocycles. The van der Waals surface area contributed by atoms with Crippen molar-refractivity contribution in [1.82, 2.24) is 5.32 Å². The lowest BCUT2D eigenvalue weighted by Crippen LogP contribution is -2.38. The van der Waals surface area contributed by atoms with Crippen LogP contribution >= 0.6 is 23.4 Å². The topological polar surface area (TPSA) is 49.3 Å². The van der Waals surface area contributed by atoms with Crippen LogP contribution in [0.2, 0.25) is 5.02 Å². The zero-order valence-corrected chi connectivity index (χ0v) is 11.5. The molecule has 0 heterocycles. The predicted octanol–water partition coefficient (Wildman–Crippen LogP) is 3.03. The van der Waals surface area contributed by atoms with E-state index >= 15 is 0 Å². The van der Waals surface area contributed by atoms with Gasteiger partial charge in [0.1, 0.15) is 6.04 Å². The van der Waals surface area contributed by atoms with Crippen LogP contribution in [0.4, 0.5) is 0 Å². The van der Waals surface area contributed by atoms with Gasteiger partial charge in [-0.25, -0.2) is 0 Å². The number of nitrogens with one attached hydrogen (secondary N) is 1. The predicted molar refractivity (Wildman–Crippen MR) is 74.4 cm³/mol. The van der Waals surface area contributed by atoms with Crippen LogP contribution in [0, 0.1) is 0 Å². The molecule has 0 spiro atoms. The van der Waals surface area contributed by atoms with Gasteiger partial charge in [0, 0.05) is 21.7 Å². The average molecular weight is 286 g/mol. The number of halogens is 1. The standard InChI is InChI=1S/C13H16ClNO2S/c14-9-2-1-3-11(8-9)18-7-6-12(13(16)17)15-10-4-5-10/h1-3,8,10,12,15H,4-7H2,(H,16,17). The molecule has 0 amide bonds. The first-order valence-electron chi connectivity index (χ1n) is 6.02. The minimum Gasteiger partial charge on any atom is -0.480 e. The molecule has 0 aromatic heterocycles. The smallest absolute Gasteiger partial charge is 0.320 e. The van der Waals surface area contributed by atoms with Crippen molar-refractivity contribution in [3.8, 4) is 0 Å². The maximum atomic E-state index is 11.1. The Bertz CT molecular complexity index is 423. The molecule has 1 fully saturated rings. The highest BCUT2D eigenvalue weighted by atomic mass is 35.5. The molecule has 1 aliphatic carbocycles. The molecule has 0 aliphatic heterocycles. The number of hydrogen-bond acceptors (Lipinski definition) is 3. The summed E-state index contributed by atoms with van der Waals surface area (Å²) in [7, 11) is 0. The maximum Gasteiger partial charge on any atom is 0.320 e. The Labute approximate surface area is 116 Å². The van der Waals surface area contributed by atoms with Crippen LogP contribution in [-0.2, 0) is 4.79 Å². The molecule has 3 nitrogen and oxygen atoms in total. The van der Waals surface area contributed by atoms with Crippen LogP contribution in [0.15, 0.2) is 29.2 Å². The van der Waals surface area contributed by atoms with Crippen molar-refractivity contribution in [2.24, 2.45) is 0 Å². The lowest BCUT2D eigenvalue weighted by atomic mass is 10.2. The molecule has 18 heavy (non-hydrogen) atoms. The minimum absolute atomic E-state index is 0.419. The van der Waals surface area contributed by atoms with Gasteiger partial charge in [-0.3, -0.25) is 4.79 Å². The first-order chi connectivity index (χ1) is 8.65. The molecule has 1 atom stereocenters. The van der Waals surface area contributed by atoms with Crippen LogP contribution in [-0.4, -0.2) is 28.9 Å². The quantitative estimate of drug-likeness (QED) is 0.756. The fourth-order valence-electron chi connectivity index (χ4n) is 1.66. The van der Waals surface area contributed by atoms with Crippen LogP contribution in [0.25, 0.3) is 0 Å². The van der Waals surface area contributed by atoms with E-state index in [9.17, 15) is 4.79 Å². The van der Waals surface area contributed by atoms with Crippen molar-refractivity contribution in [2.45, 2.75) is 36.2 Å². The number of thioether (sulfide) groups is 1. The lowest BCUT2D eigenvalue weighted by Gasteiger charge is -2.13. The zero-order chi connectivity index (χ0) is 13.0. The SMILES string of the molecule is O=C(O)C(CCSc1cccc(Cl)c1)NC1CC1. The number of hydrogen-bond donors (Lipinski definition) is 2. The molecule has 98 valence electrons. The molecule has 0 bridgehead atoms. The summed E-state index contributed by atoms with van der Waals surface area (Å²) in [5.74, 6) is 0.0189. The second-order valence-corrected chi connectivity index (χ2v) is 6.03. The van der Waals surface area contributed by atoms with E-state index in [2.05, 4.69) is 5.32 Å². The summed E-state index contributed by atoms with van der Waals surface area (Å²) >= 11 is 7.53. The number of aliphatic carboxylic acids is 1. The summed E-state index contributed by atoms with van der Waals surface area (Å²) in [6.07, 6.45) is 2.83. The first-order valence-corrected chi connectivity index (χ1v) is 7.39. The Morgan fingerprint density at radius 1 is 1.56 bits per heavy atom. The number of carbonyl (C=O) groups is 1. The molecule has 1 unspecified atom stereocenters. The summed E-state index contributed by atoms with van der Waals surface area (Å²) in [6.45, 7) is 0. The molecule has 5 heteroatoms. The Kier molecular flexibility index (Phi) is 4.92. The van der Waals surface area contributed by atoms with Gasteiger partial charge < -0.3 is 10.4 Å². The van der Waals surface area contributed by atoms with Crippen molar-refractivity contribution >= 4 is 29.3 Å². The number of carboxylic acid groups (broad SMARTS) is 1. The van der Waals surface area contributed by atoms with Gasteiger partial charge >= 0.3 is 5.97 Å². The highest BCUT2D eigenvalue weighted by Crippen LogP contribution is 2.24. The van der Waals surface area contributed by atoms with Crippen molar-refractivity contribution in [3.05, 3.63) is 29.3 Å². The lowest BCUT2D eigenvalue weighted by molar-refractivity contribution is -0.139. The molecular formula is C13H16ClNO2S. The summed E-state index contributed by atoms with van der Waals surface area (Å²) in [4.78, 5) is 12.1. The third-order valence-electron chi connectivity index (χ3n) is 2.78. The highest BCUT2D eigenvalue weighted by molar-refractivity contribution is 7.99. The van der Waals surface area contributed by atoms with Gasteiger partial charge in [-0.1, -0.05) is 17.7 Å². The third kappa shape index (κ3) is 4.52. The van der Waals surface area contributed by atoms with E-state index in [0.717, 1.165) is 23.5 Å². The van der Waals surface area contributed by atoms with Crippen LogP contribution in [0.5, 0.6) is 0 Å². The van der Waals surface area contributed by atoms with Gasteiger partial charge in [-0.05, 0) is 37.5 Å².